The molecule has 0 radical (unpaired) electrons. The average molecular weight is 223 g/mol. The fraction of sp³-hybridized carbons (Fsp3) is 1.00. The Bertz CT molecular complexity index is 223. The van der Waals surface area contributed by atoms with Crippen molar-refractivity contribution in [2.75, 3.05) is 39.3 Å². The molecule has 3 aliphatic rings. The van der Waals surface area contributed by atoms with Gasteiger partial charge in [0.05, 0.1) is 0 Å². The Balaban J connectivity index is 1.57. The van der Waals surface area contributed by atoms with E-state index in [1.165, 1.54) is 71.4 Å². The van der Waals surface area contributed by atoms with E-state index >= 15 is 0 Å². The van der Waals surface area contributed by atoms with Crippen molar-refractivity contribution in [2.24, 2.45) is 0 Å². The van der Waals surface area contributed by atoms with Crippen molar-refractivity contribution >= 4 is 0 Å². The summed E-state index contributed by atoms with van der Waals surface area (Å²) in [5, 5.41) is 3.60. The van der Waals surface area contributed by atoms with Crippen LogP contribution in [0.5, 0.6) is 0 Å². The van der Waals surface area contributed by atoms with Crippen LogP contribution in [0.15, 0.2) is 0 Å². The third-order valence-electron chi connectivity index (χ3n) is 4.66. The molecule has 0 aliphatic carbocycles. The molecule has 0 bridgehead atoms. The summed E-state index contributed by atoms with van der Waals surface area (Å²) < 4.78 is 0. The van der Waals surface area contributed by atoms with Crippen LogP contribution in [0.3, 0.4) is 0 Å². The van der Waals surface area contributed by atoms with E-state index in [1.54, 1.807) is 0 Å². The molecule has 3 fully saturated rings. The second kappa shape index (κ2) is 5.03. The molecule has 0 amide bonds. The summed E-state index contributed by atoms with van der Waals surface area (Å²) in [6.45, 7) is 7.80. The van der Waals surface area contributed by atoms with Crippen molar-refractivity contribution in [3.05, 3.63) is 0 Å². The molecule has 3 heterocycles. The first-order chi connectivity index (χ1) is 7.93. The standard InChI is InChI=1S/C13H25N3/c1-2-6-14-10-12(4-1)16-9-8-15-7-3-5-13(15)11-16/h12-14H,1-11H2. The highest BCUT2D eigenvalue weighted by molar-refractivity contribution is 4.90. The summed E-state index contributed by atoms with van der Waals surface area (Å²) >= 11 is 0. The van der Waals surface area contributed by atoms with E-state index in [1.807, 2.05) is 0 Å². The molecular weight excluding hydrogens is 198 g/mol. The number of hydrogen-bond donors (Lipinski definition) is 1. The largest absolute Gasteiger partial charge is 0.315 e. The minimum atomic E-state index is 0.824. The maximum atomic E-state index is 3.60. The minimum absolute atomic E-state index is 0.824. The smallest absolute Gasteiger partial charge is 0.0224 e. The van der Waals surface area contributed by atoms with E-state index in [4.69, 9.17) is 0 Å². The summed E-state index contributed by atoms with van der Waals surface area (Å²) in [7, 11) is 0. The third kappa shape index (κ3) is 2.27. The van der Waals surface area contributed by atoms with Crippen LogP contribution in [0.4, 0.5) is 0 Å². The zero-order chi connectivity index (χ0) is 10.8. The first kappa shape index (κ1) is 11.0. The minimum Gasteiger partial charge on any atom is -0.315 e. The van der Waals surface area contributed by atoms with Crippen LogP contribution in [0.25, 0.3) is 0 Å². The molecule has 1 N–H and O–H groups in total. The Kier molecular flexibility index (Phi) is 3.46. The van der Waals surface area contributed by atoms with Gasteiger partial charge in [-0.3, -0.25) is 9.80 Å². The van der Waals surface area contributed by atoms with E-state index < -0.39 is 0 Å². The molecule has 16 heavy (non-hydrogen) atoms. The summed E-state index contributed by atoms with van der Waals surface area (Å²) in [4.78, 5) is 5.48. The molecule has 2 unspecified atom stereocenters. The molecule has 0 aromatic rings. The van der Waals surface area contributed by atoms with Gasteiger partial charge in [-0.25, -0.2) is 0 Å². The van der Waals surface area contributed by atoms with Gasteiger partial charge in [0, 0.05) is 38.3 Å². The highest BCUT2D eigenvalue weighted by Crippen LogP contribution is 2.24. The van der Waals surface area contributed by atoms with Crippen LogP contribution in [0.2, 0.25) is 0 Å². The lowest BCUT2D eigenvalue weighted by atomic mass is 10.1. The second-order valence-corrected chi connectivity index (χ2v) is 5.68. The summed E-state index contributed by atoms with van der Waals surface area (Å²) in [6, 6.07) is 1.71. The summed E-state index contributed by atoms with van der Waals surface area (Å²) in [5.74, 6) is 0. The number of piperazine rings is 1. The first-order valence-electron chi connectivity index (χ1n) is 7.12. The van der Waals surface area contributed by atoms with Crippen LogP contribution in [0.1, 0.15) is 32.1 Å². The molecule has 92 valence electrons. The monoisotopic (exact) mass is 223 g/mol. The van der Waals surface area contributed by atoms with Gasteiger partial charge < -0.3 is 5.32 Å². The molecule has 3 aliphatic heterocycles. The van der Waals surface area contributed by atoms with Gasteiger partial charge in [-0.1, -0.05) is 6.42 Å². The van der Waals surface area contributed by atoms with Crippen molar-refractivity contribution in [2.45, 2.75) is 44.2 Å². The van der Waals surface area contributed by atoms with Gasteiger partial charge in [0.15, 0.2) is 0 Å². The molecule has 0 aromatic heterocycles. The number of fused-ring (bicyclic) bond motifs is 1. The average Bonchev–Trinajstić information content (AvgIpc) is 2.61. The van der Waals surface area contributed by atoms with E-state index in [-0.39, 0.29) is 0 Å². The van der Waals surface area contributed by atoms with Crippen LogP contribution in [0, 0.1) is 0 Å². The van der Waals surface area contributed by atoms with Gasteiger partial charge in [-0.2, -0.15) is 0 Å². The van der Waals surface area contributed by atoms with E-state index in [9.17, 15) is 0 Å². The SMILES string of the molecule is C1CCC(N2CCN3CCCC3C2)CNC1. The zero-order valence-electron chi connectivity index (χ0n) is 10.3. The fourth-order valence-electron chi connectivity index (χ4n) is 3.66. The van der Waals surface area contributed by atoms with Crippen molar-refractivity contribution in [1.29, 1.82) is 0 Å². The van der Waals surface area contributed by atoms with Crippen molar-refractivity contribution in [1.82, 2.24) is 15.1 Å². The molecule has 0 aromatic carbocycles. The lowest BCUT2D eigenvalue weighted by Crippen LogP contribution is -2.55. The molecular formula is C13H25N3. The molecule has 3 saturated heterocycles. The van der Waals surface area contributed by atoms with Crippen LogP contribution in [-0.4, -0.2) is 61.2 Å². The number of hydrogen-bond acceptors (Lipinski definition) is 3. The molecule has 2 atom stereocenters. The zero-order valence-corrected chi connectivity index (χ0v) is 10.3. The Morgan fingerprint density at radius 2 is 1.69 bits per heavy atom. The molecule has 3 heteroatoms. The van der Waals surface area contributed by atoms with Gasteiger partial charge >= 0.3 is 0 Å². The maximum Gasteiger partial charge on any atom is 0.0224 e. The number of rotatable bonds is 1. The Labute approximate surface area is 99.2 Å². The van der Waals surface area contributed by atoms with Gasteiger partial charge in [-0.05, 0) is 38.8 Å². The highest BCUT2D eigenvalue weighted by Gasteiger charge is 2.33. The fourth-order valence-corrected chi connectivity index (χ4v) is 3.66. The van der Waals surface area contributed by atoms with Crippen molar-refractivity contribution < 1.29 is 0 Å². The maximum absolute atomic E-state index is 3.60. The van der Waals surface area contributed by atoms with Gasteiger partial charge in [0.2, 0.25) is 0 Å². The van der Waals surface area contributed by atoms with Crippen LogP contribution >= 0.6 is 0 Å². The van der Waals surface area contributed by atoms with E-state index in [0.717, 1.165) is 12.1 Å². The van der Waals surface area contributed by atoms with E-state index in [2.05, 4.69) is 15.1 Å². The molecule has 0 saturated carbocycles. The quantitative estimate of drug-likeness (QED) is 0.713. The summed E-state index contributed by atoms with van der Waals surface area (Å²) in [5.41, 5.74) is 0. The molecule has 3 rings (SSSR count). The Hall–Kier alpha value is -0.120. The lowest BCUT2D eigenvalue weighted by Gasteiger charge is -2.41. The third-order valence-corrected chi connectivity index (χ3v) is 4.66. The lowest BCUT2D eigenvalue weighted by molar-refractivity contribution is 0.0696. The summed E-state index contributed by atoms with van der Waals surface area (Å²) in [6.07, 6.45) is 7.08. The predicted molar refractivity (Wildman–Crippen MR) is 66.7 cm³/mol. The Morgan fingerprint density at radius 1 is 0.812 bits per heavy atom. The topological polar surface area (TPSA) is 18.5 Å². The highest BCUT2D eigenvalue weighted by atomic mass is 15.3. The Morgan fingerprint density at radius 3 is 2.69 bits per heavy atom. The molecule has 3 nitrogen and oxygen atoms in total. The van der Waals surface area contributed by atoms with Crippen molar-refractivity contribution in [3.8, 4) is 0 Å². The van der Waals surface area contributed by atoms with Crippen LogP contribution in [-0.2, 0) is 0 Å². The number of nitrogens with one attached hydrogen (secondary N) is 1. The van der Waals surface area contributed by atoms with Gasteiger partial charge in [0.25, 0.3) is 0 Å². The predicted octanol–water partition coefficient (Wildman–Crippen LogP) is 0.909. The molecule has 0 spiro atoms. The van der Waals surface area contributed by atoms with Gasteiger partial charge in [-0.15, -0.1) is 0 Å². The first-order valence-corrected chi connectivity index (χ1v) is 7.12. The van der Waals surface area contributed by atoms with Crippen molar-refractivity contribution in [3.63, 3.8) is 0 Å². The van der Waals surface area contributed by atoms with Crippen LogP contribution < -0.4 is 5.32 Å². The normalized spacial score (nSPS) is 38.2. The van der Waals surface area contributed by atoms with E-state index in [0.29, 0.717) is 0 Å². The van der Waals surface area contributed by atoms with Gasteiger partial charge in [0.1, 0.15) is 0 Å². The number of nitrogens with zero attached hydrogens (tertiary/aromatic N) is 2. The second-order valence-electron chi connectivity index (χ2n) is 5.68.